The van der Waals surface area contributed by atoms with Gasteiger partial charge in [-0.3, -0.25) is 9.59 Å². The normalized spacial score (nSPS) is 12.3. The van der Waals surface area contributed by atoms with Crippen molar-refractivity contribution < 1.29 is 9.59 Å². The minimum Gasteiger partial charge on any atom is -0.401 e. The number of carbonyl (C=O) groups excluding carboxylic acids is 2. The Morgan fingerprint density at radius 2 is 1.81 bits per heavy atom. The summed E-state index contributed by atoms with van der Waals surface area (Å²) in [6.45, 7) is 7.14. The van der Waals surface area contributed by atoms with E-state index in [2.05, 4.69) is 11.9 Å². The summed E-state index contributed by atoms with van der Waals surface area (Å²) in [4.78, 5) is 24.1. The first kappa shape index (κ1) is 21.8. The Bertz CT molecular complexity index is 746. The van der Waals surface area contributed by atoms with Crippen molar-refractivity contribution in [1.29, 1.82) is 0 Å². The summed E-state index contributed by atoms with van der Waals surface area (Å²) in [6, 6.07) is 7.04. The Balaban J connectivity index is 2.69. The number of ketones is 2. The quantitative estimate of drug-likeness (QED) is 0.254. The predicted molar refractivity (Wildman–Crippen MR) is 112 cm³/mol. The Kier molecular flexibility index (Phi) is 9.55. The van der Waals surface area contributed by atoms with Crippen LogP contribution in [0, 0.1) is 0 Å². The van der Waals surface area contributed by atoms with Gasteiger partial charge in [-0.05, 0) is 38.1 Å². The molecular weight excluding hydrogens is 368 g/mol. The van der Waals surface area contributed by atoms with Crippen molar-refractivity contribution in [3.05, 3.63) is 76.3 Å². The van der Waals surface area contributed by atoms with E-state index in [0.717, 1.165) is 5.69 Å². The average molecular weight is 391 g/mol. The molecule has 1 aromatic carbocycles. The Morgan fingerprint density at radius 3 is 2.35 bits per heavy atom. The number of allylic oxidation sites excluding steroid dienone is 6. The highest BCUT2D eigenvalue weighted by Gasteiger charge is 2.13. The number of benzene rings is 1. The minimum atomic E-state index is -0.0830. The molecule has 0 fully saturated rings. The first-order valence-electron chi connectivity index (χ1n) is 7.97. The number of carbonyl (C=O) groups is 2. The number of nitrogens with one attached hydrogen (secondary N) is 1. The lowest BCUT2D eigenvalue weighted by Gasteiger charge is -2.12. The van der Waals surface area contributed by atoms with Crippen molar-refractivity contribution in [3.63, 3.8) is 0 Å². The van der Waals surface area contributed by atoms with E-state index >= 15 is 0 Å². The van der Waals surface area contributed by atoms with Crippen molar-refractivity contribution in [2.24, 2.45) is 5.73 Å². The van der Waals surface area contributed by atoms with Gasteiger partial charge in [0.05, 0.1) is 9.93 Å². The van der Waals surface area contributed by atoms with Crippen LogP contribution in [0.4, 0.5) is 5.69 Å². The topological polar surface area (TPSA) is 72.2 Å². The molecule has 0 aliphatic carbocycles. The third kappa shape index (κ3) is 7.76. The van der Waals surface area contributed by atoms with Gasteiger partial charge in [-0.25, -0.2) is 0 Å². The monoisotopic (exact) mass is 390 g/mol. The second-order valence-electron chi connectivity index (χ2n) is 5.43. The molecule has 1 aromatic rings. The molecule has 26 heavy (non-hydrogen) atoms. The number of halogens is 1. The fourth-order valence-electron chi connectivity index (χ4n) is 1.93. The van der Waals surface area contributed by atoms with Crippen LogP contribution in [0.3, 0.4) is 0 Å². The molecule has 4 nitrogen and oxygen atoms in total. The van der Waals surface area contributed by atoms with E-state index in [4.69, 9.17) is 17.3 Å². The van der Waals surface area contributed by atoms with Crippen LogP contribution in [-0.2, 0) is 4.79 Å². The van der Waals surface area contributed by atoms with Crippen molar-refractivity contribution in [2.75, 3.05) is 11.2 Å². The van der Waals surface area contributed by atoms with Crippen LogP contribution in [0.2, 0.25) is 0 Å². The largest absolute Gasteiger partial charge is 0.401 e. The van der Waals surface area contributed by atoms with Crippen LogP contribution in [0.1, 0.15) is 30.6 Å². The van der Waals surface area contributed by atoms with Crippen molar-refractivity contribution in [3.8, 4) is 0 Å². The second-order valence-corrected chi connectivity index (χ2v) is 6.85. The van der Waals surface area contributed by atoms with E-state index in [1.54, 1.807) is 55.5 Å². The van der Waals surface area contributed by atoms with Crippen molar-refractivity contribution in [2.45, 2.75) is 20.3 Å². The van der Waals surface area contributed by atoms with Crippen LogP contribution in [0.5, 0.6) is 0 Å². The third-order valence-corrected chi connectivity index (χ3v) is 4.47. The molecule has 138 valence electrons. The third-order valence-electron chi connectivity index (χ3n) is 3.19. The molecule has 0 heterocycles. The smallest absolute Gasteiger partial charge is 0.175 e. The molecule has 0 saturated carbocycles. The zero-order chi connectivity index (χ0) is 19.5. The first-order valence-corrected chi connectivity index (χ1v) is 9.32. The van der Waals surface area contributed by atoms with Gasteiger partial charge in [0.2, 0.25) is 0 Å². The first-order chi connectivity index (χ1) is 12.3. The minimum absolute atomic E-state index is 0.00766. The van der Waals surface area contributed by atoms with Crippen LogP contribution in [-0.4, -0.2) is 17.4 Å². The molecule has 0 saturated heterocycles. The number of nitrogens with two attached hydrogens (primary N) is 1. The summed E-state index contributed by atoms with van der Waals surface area (Å²) < 4.78 is 0. The molecule has 0 amide bonds. The average Bonchev–Trinajstić information content (AvgIpc) is 2.59. The maximum atomic E-state index is 12.4. The van der Waals surface area contributed by atoms with Crippen molar-refractivity contribution in [1.82, 2.24) is 0 Å². The van der Waals surface area contributed by atoms with Gasteiger partial charge in [0.1, 0.15) is 0 Å². The highest BCUT2D eigenvalue weighted by molar-refractivity contribution is 8.07. The molecular formula is C20H23ClN2O2S. The number of hydrogen-bond donors (Lipinski definition) is 2. The van der Waals surface area contributed by atoms with E-state index in [1.807, 2.05) is 0 Å². The SMILES string of the molecule is C=C(Nc1ccc(C(C)=O)cc1)S/C(C(=O)C/C=C\C=C/CCl)=C(\C)N. The lowest BCUT2D eigenvalue weighted by atomic mass is 10.1. The van der Waals surface area contributed by atoms with Crippen LogP contribution in [0.15, 0.2) is 70.8 Å². The molecule has 0 aliphatic rings. The van der Waals surface area contributed by atoms with Crippen LogP contribution >= 0.6 is 23.4 Å². The summed E-state index contributed by atoms with van der Waals surface area (Å²) in [5.74, 6) is 0.355. The second kappa shape index (κ2) is 11.4. The fraction of sp³-hybridized carbons (Fsp3) is 0.200. The molecule has 0 aromatic heterocycles. The van der Waals surface area contributed by atoms with Gasteiger partial charge in [0.15, 0.2) is 11.6 Å². The molecule has 0 aliphatic heterocycles. The number of rotatable bonds is 10. The lowest BCUT2D eigenvalue weighted by Crippen LogP contribution is -2.08. The van der Waals surface area contributed by atoms with Gasteiger partial charge in [-0.1, -0.05) is 42.6 Å². The van der Waals surface area contributed by atoms with Crippen LogP contribution < -0.4 is 11.1 Å². The maximum Gasteiger partial charge on any atom is 0.175 e. The maximum absolute atomic E-state index is 12.4. The van der Waals surface area contributed by atoms with E-state index < -0.39 is 0 Å². The standard InChI is InChI=1S/C20H23ClN2O2S/c1-14(22)20(19(25)8-6-4-5-7-13-21)26-16(3)23-18-11-9-17(10-12-18)15(2)24/h4-7,9-12,23H,3,8,13,22H2,1-2H3/b6-4-,7-5-,20-14+. The Labute approximate surface area is 163 Å². The Morgan fingerprint density at radius 1 is 1.19 bits per heavy atom. The van der Waals surface area contributed by atoms with Crippen LogP contribution in [0.25, 0.3) is 0 Å². The van der Waals surface area contributed by atoms with Gasteiger partial charge in [0.25, 0.3) is 0 Å². The van der Waals surface area contributed by atoms with Gasteiger partial charge < -0.3 is 11.1 Å². The molecule has 0 spiro atoms. The van der Waals surface area contributed by atoms with E-state index in [-0.39, 0.29) is 18.0 Å². The Hall–Kier alpha value is -2.24. The number of Topliss-reactive ketones (excluding diaryl/α,β-unsaturated/α-hetero) is 2. The van der Waals surface area contributed by atoms with E-state index in [9.17, 15) is 9.59 Å². The highest BCUT2D eigenvalue weighted by Crippen LogP contribution is 2.28. The summed E-state index contributed by atoms with van der Waals surface area (Å²) in [7, 11) is 0. The molecule has 6 heteroatoms. The molecule has 1 rings (SSSR count). The van der Waals surface area contributed by atoms with E-state index in [1.165, 1.54) is 18.7 Å². The number of hydrogen-bond acceptors (Lipinski definition) is 5. The zero-order valence-electron chi connectivity index (χ0n) is 14.9. The highest BCUT2D eigenvalue weighted by atomic mass is 35.5. The number of anilines is 1. The lowest BCUT2D eigenvalue weighted by molar-refractivity contribution is -0.114. The molecule has 0 atom stereocenters. The molecule has 3 N–H and O–H groups in total. The van der Waals surface area contributed by atoms with Gasteiger partial charge in [-0.2, -0.15) is 0 Å². The van der Waals surface area contributed by atoms with E-state index in [0.29, 0.717) is 27.1 Å². The number of alkyl halides is 1. The molecule has 0 radical (unpaired) electrons. The summed E-state index contributed by atoms with van der Waals surface area (Å²) >= 11 is 6.73. The van der Waals surface area contributed by atoms with Gasteiger partial charge in [-0.15, -0.1) is 11.6 Å². The molecule has 0 bridgehead atoms. The summed E-state index contributed by atoms with van der Waals surface area (Å²) in [6.07, 6.45) is 7.34. The fourth-order valence-corrected chi connectivity index (χ4v) is 2.81. The molecule has 0 unspecified atom stereocenters. The predicted octanol–water partition coefficient (Wildman–Crippen LogP) is 5.01. The summed E-state index contributed by atoms with van der Waals surface area (Å²) in [5.41, 5.74) is 7.72. The zero-order valence-corrected chi connectivity index (χ0v) is 16.5. The summed E-state index contributed by atoms with van der Waals surface area (Å²) in [5, 5.41) is 3.67. The number of thioether (sulfide) groups is 1. The van der Waals surface area contributed by atoms with Crippen molar-refractivity contribution >= 4 is 40.6 Å². The van der Waals surface area contributed by atoms with Gasteiger partial charge >= 0.3 is 0 Å². The van der Waals surface area contributed by atoms with Gasteiger partial charge in [0, 0.05) is 29.2 Å².